The van der Waals surface area contributed by atoms with E-state index in [1.54, 1.807) is 6.07 Å². The number of aromatic nitrogens is 2. The van der Waals surface area contributed by atoms with Crippen molar-refractivity contribution in [3.63, 3.8) is 0 Å². The Morgan fingerprint density at radius 3 is 2.78 bits per heavy atom. The molecule has 0 bridgehead atoms. The van der Waals surface area contributed by atoms with Gasteiger partial charge in [0.2, 0.25) is 0 Å². The molecule has 1 atom stereocenters. The van der Waals surface area contributed by atoms with Gasteiger partial charge in [-0.2, -0.15) is 0 Å². The van der Waals surface area contributed by atoms with E-state index < -0.39 is 5.97 Å². The number of aromatic carboxylic acids is 1. The number of imidazole rings is 1. The predicted molar refractivity (Wildman–Crippen MR) is 123 cm³/mol. The number of benzene rings is 3. The van der Waals surface area contributed by atoms with Gasteiger partial charge in [-0.25, -0.2) is 9.78 Å². The highest BCUT2D eigenvalue weighted by atomic mass is 16.5. The summed E-state index contributed by atoms with van der Waals surface area (Å²) in [5.74, 6) is -0.539. The van der Waals surface area contributed by atoms with Crippen LogP contribution >= 0.6 is 0 Å². The van der Waals surface area contributed by atoms with Gasteiger partial charge in [0, 0.05) is 24.8 Å². The molecular formula is C26H25N3O3. The van der Waals surface area contributed by atoms with Crippen LogP contribution in [0.25, 0.3) is 16.7 Å². The number of carbonyl (C=O) groups is 1. The first-order chi connectivity index (χ1) is 15.5. The van der Waals surface area contributed by atoms with Crippen molar-refractivity contribution in [1.29, 1.82) is 0 Å². The molecule has 0 fully saturated rings. The minimum absolute atomic E-state index is 0.229. The quantitative estimate of drug-likeness (QED) is 0.501. The van der Waals surface area contributed by atoms with Crippen LogP contribution in [-0.4, -0.2) is 38.7 Å². The van der Waals surface area contributed by atoms with E-state index in [0.717, 1.165) is 47.4 Å². The lowest BCUT2D eigenvalue weighted by Crippen LogP contribution is -2.38. The molecule has 1 N–H and O–H groups in total. The average Bonchev–Trinajstić information content (AvgIpc) is 3.23. The number of para-hydroxylation sites is 2. The first-order valence-corrected chi connectivity index (χ1v) is 10.7. The van der Waals surface area contributed by atoms with Crippen LogP contribution in [0.1, 0.15) is 34.0 Å². The van der Waals surface area contributed by atoms with E-state index in [2.05, 4.69) is 51.7 Å². The second kappa shape index (κ2) is 8.13. The average molecular weight is 428 g/mol. The molecule has 1 aliphatic heterocycles. The van der Waals surface area contributed by atoms with Crippen molar-refractivity contribution >= 4 is 17.0 Å². The number of nitrogens with zero attached hydrogens (tertiary/aromatic N) is 3. The van der Waals surface area contributed by atoms with Gasteiger partial charge in [-0.3, -0.25) is 9.47 Å². The standard InChI is InChI=1S/C26H25N3O3/c1-17-10-19-12-22(26(30)31)25(32-2)13-20(19)15-28(17)14-18-6-5-7-21(11-18)29-16-27-23-8-3-4-9-24(23)29/h3-9,11-13,16-17H,10,14-15H2,1-2H3,(H,30,31). The lowest BCUT2D eigenvalue weighted by molar-refractivity contribution is 0.0693. The zero-order chi connectivity index (χ0) is 22.2. The summed E-state index contributed by atoms with van der Waals surface area (Å²) in [4.78, 5) is 18.5. The summed E-state index contributed by atoms with van der Waals surface area (Å²) in [7, 11) is 1.52. The molecule has 6 heteroatoms. The number of hydrogen-bond donors (Lipinski definition) is 1. The monoisotopic (exact) mass is 427 g/mol. The normalized spacial score (nSPS) is 16.1. The third kappa shape index (κ3) is 3.63. The Bertz CT molecular complexity index is 1310. The van der Waals surface area contributed by atoms with Crippen molar-refractivity contribution in [2.24, 2.45) is 0 Å². The minimum atomic E-state index is -0.955. The molecule has 0 amide bonds. The van der Waals surface area contributed by atoms with Crippen LogP contribution in [0.3, 0.4) is 0 Å². The number of rotatable bonds is 5. The lowest BCUT2D eigenvalue weighted by Gasteiger charge is -2.35. The fourth-order valence-electron chi connectivity index (χ4n) is 4.58. The van der Waals surface area contributed by atoms with Gasteiger partial charge < -0.3 is 9.84 Å². The van der Waals surface area contributed by atoms with E-state index >= 15 is 0 Å². The summed E-state index contributed by atoms with van der Waals surface area (Å²) >= 11 is 0. The second-order valence-electron chi connectivity index (χ2n) is 8.36. The smallest absolute Gasteiger partial charge is 0.339 e. The number of methoxy groups -OCH3 is 1. The molecule has 4 aromatic rings. The van der Waals surface area contributed by atoms with Gasteiger partial charge in [0.25, 0.3) is 0 Å². The highest BCUT2D eigenvalue weighted by molar-refractivity contribution is 5.91. The van der Waals surface area contributed by atoms with Crippen molar-refractivity contribution in [2.45, 2.75) is 32.5 Å². The molecule has 1 unspecified atom stereocenters. The van der Waals surface area contributed by atoms with E-state index in [9.17, 15) is 9.90 Å². The first kappa shape index (κ1) is 20.3. The van der Waals surface area contributed by atoms with Crippen molar-refractivity contribution in [1.82, 2.24) is 14.5 Å². The van der Waals surface area contributed by atoms with Crippen molar-refractivity contribution < 1.29 is 14.6 Å². The van der Waals surface area contributed by atoms with Gasteiger partial charge in [-0.05, 0) is 66.4 Å². The molecule has 0 saturated carbocycles. The molecule has 1 aromatic heterocycles. The fraction of sp³-hybridized carbons (Fsp3) is 0.231. The number of carboxylic acid groups (broad SMARTS) is 1. The molecule has 0 radical (unpaired) electrons. The number of carboxylic acids is 1. The Kier molecular flexibility index (Phi) is 5.15. The predicted octanol–water partition coefficient (Wildman–Crippen LogP) is 4.68. The van der Waals surface area contributed by atoms with Crippen LogP contribution in [0, 0.1) is 0 Å². The zero-order valence-electron chi connectivity index (χ0n) is 18.2. The van der Waals surface area contributed by atoms with E-state index in [1.165, 1.54) is 12.7 Å². The van der Waals surface area contributed by atoms with Crippen LogP contribution in [0.4, 0.5) is 0 Å². The Morgan fingerprint density at radius 2 is 1.97 bits per heavy atom. The molecule has 5 rings (SSSR count). The van der Waals surface area contributed by atoms with E-state index in [0.29, 0.717) is 11.8 Å². The number of hydrogen-bond acceptors (Lipinski definition) is 4. The maximum atomic E-state index is 11.6. The maximum Gasteiger partial charge on any atom is 0.339 e. The SMILES string of the molecule is COc1cc2c(cc1C(=O)O)CC(C)N(Cc1cccc(-n3cnc4ccccc43)c1)C2. The fourth-order valence-corrected chi connectivity index (χ4v) is 4.58. The molecule has 1 aliphatic rings. The molecule has 3 aromatic carbocycles. The van der Waals surface area contributed by atoms with Crippen molar-refractivity contribution in [2.75, 3.05) is 7.11 Å². The molecule has 0 spiro atoms. The van der Waals surface area contributed by atoms with Gasteiger partial charge in [-0.15, -0.1) is 0 Å². The van der Waals surface area contributed by atoms with Gasteiger partial charge in [0.05, 0.1) is 18.1 Å². The van der Waals surface area contributed by atoms with E-state index in [4.69, 9.17) is 4.74 Å². The Morgan fingerprint density at radius 1 is 1.12 bits per heavy atom. The third-order valence-corrected chi connectivity index (χ3v) is 6.29. The molecule has 162 valence electrons. The van der Waals surface area contributed by atoms with Gasteiger partial charge in [0.15, 0.2) is 0 Å². The molecule has 6 nitrogen and oxygen atoms in total. The summed E-state index contributed by atoms with van der Waals surface area (Å²) < 4.78 is 7.45. The highest BCUT2D eigenvalue weighted by Crippen LogP contribution is 2.31. The number of ether oxygens (including phenoxy) is 1. The summed E-state index contributed by atoms with van der Waals surface area (Å²) in [5.41, 5.74) is 6.83. The molecule has 0 aliphatic carbocycles. The topological polar surface area (TPSA) is 67.6 Å². The Hall–Kier alpha value is -3.64. The number of fused-ring (bicyclic) bond motifs is 2. The van der Waals surface area contributed by atoms with Gasteiger partial charge in [-0.1, -0.05) is 24.3 Å². The van der Waals surface area contributed by atoms with Crippen LogP contribution < -0.4 is 4.74 Å². The maximum absolute atomic E-state index is 11.6. The van der Waals surface area contributed by atoms with E-state index in [-0.39, 0.29) is 5.56 Å². The molecule has 0 saturated heterocycles. The molecular weight excluding hydrogens is 402 g/mol. The zero-order valence-corrected chi connectivity index (χ0v) is 18.2. The van der Waals surface area contributed by atoms with Crippen LogP contribution in [-0.2, 0) is 19.5 Å². The Labute approximate surface area is 186 Å². The van der Waals surface area contributed by atoms with Crippen molar-refractivity contribution in [3.8, 4) is 11.4 Å². The van der Waals surface area contributed by atoms with Crippen molar-refractivity contribution in [3.05, 3.63) is 89.2 Å². The summed E-state index contributed by atoms with van der Waals surface area (Å²) in [6.07, 6.45) is 2.68. The van der Waals surface area contributed by atoms with Crippen LogP contribution in [0.2, 0.25) is 0 Å². The molecule has 2 heterocycles. The largest absolute Gasteiger partial charge is 0.496 e. The van der Waals surface area contributed by atoms with E-state index in [1.807, 2.05) is 30.6 Å². The van der Waals surface area contributed by atoms with Gasteiger partial charge >= 0.3 is 5.97 Å². The highest BCUT2D eigenvalue weighted by Gasteiger charge is 2.26. The van der Waals surface area contributed by atoms with Crippen LogP contribution in [0.15, 0.2) is 67.0 Å². The lowest BCUT2D eigenvalue weighted by atomic mass is 9.92. The van der Waals surface area contributed by atoms with Crippen LogP contribution in [0.5, 0.6) is 5.75 Å². The minimum Gasteiger partial charge on any atom is -0.496 e. The second-order valence-corrected chi connectivity index (χ2v) is 8.36. The first-order valence-electron chi connectivity index (χ1n) is 10.7. The Balaban J connectivity index is 1.42. The summed E-state index contributed by atoms with van der Waals surface area (Å²) in [5, 5.41) is 9.48. The summed E-state index contributed by atoms with van der Waals surface area (Å²) in [6.45, 7) is 3.76. The third-order valence-electron chi connectivity index (χ3n) is 6.29. The van der Waals surface area contributed by atoms with Gasteiger partial charge in [0.1, 0.15) is 17.6 Å². The molecule has 32 heavy (non-hydrogen) atoms. The summed E-state index contributed by atoms with van der Waals surface area (Å²) in [6, 6.07) is 20.6.